The van der Waals surface area contributed by atoms with Gasteiger partial charge in [-0.3, -0.25) is 0 Å². The number of nitrogens with zero attached hydrogens (tertiary/aromatic N) is 1. The van der Waals surface area contributed by atoms with Crippen LogP contribution in [0.2, 0.25) is 0 Å². The fourth-order valence-corrected chi connectivity index (χ4v) is 3.16. The van der Waals surface area contributed by atoms with E-state index in [1.807, 2.05) is 0 Å². The summed E-state index contributed by atoms with van der Waals surface area (Å²) in [6.07, 6.45) is 6.59. The topological polar surface area (TPSA) is 15.3 Å². The molecule has 0 bridgehead atoms. The summed E-state index contributed by atoms with van der Waals surface area (Å²) in [4.78, 5) is 2.68. The van der Waals surface area contributed by atoms with E-state index in [0.29, 0.717) is 0 Å². The second-order valence-electron chi connectivity index (χ2n) is 5.91. The summed E-state index contributed by atoms with van der Waals surface area (Å²) in [6, 6.07) is 0. The monoisotopic (exact) mass is 236 g/mol. The van der Waals surface area contributed by atoms with Gasteiger partial charge in [0.25, 0.3) is 0 Å². The summed E-state index contributed by atoms with van der Waals surface area (Å²) in [5.74, 6) is 1.83. The van der Waals surface area contributed by atoms with Crippen molar-refractivity contribution in [2.75, 3.05) is 32.7 Å². The number of hydrogen-bond acceptors (Lipinski definition) is 2. The fourth-order valence-electron chi connectivity index (χ4n) is 3.16. The van der Waals surface area contributed by atoms with Crippen molar-refractivity contribution < 1.29 is 0 Å². The third-order valence-corrected chi connectivity index (χ3v) is 4.46. The molecule has 2 heterocycles. The Labute approximate surface area is 106 Å². The van der Waals surface area contributed by atoms with E-state index in [1.165, 1.54) is 64.0 Å². The van der Waals surface area contributed by atoms with E-state index >= 15 is 0 Å². The van der Waals surface area contributed by atoms with Gasteiger partial charge in [0.1, 0.15) is 0 Å². The standard InChI is InChI=1S/C15H28N2/c1-3-13(2)10-14-5-8-17(9-6-14)12-15-4-7-16-11-15/h14-16H,2-12H2,1H3. The Morgan fingerprint density at radius 2 is 2.00 bits per heavy atom. The molecule has 0 amide bonds. The number of allylic oxidation sites excluding steroid dienone is 1. The molecule has 17 heavy (non-hydrogen) atoms. The summed E-state index contributed by atoms with van der Waals surface area (Å²) < 4.78 is 0. The average molecular weight is 236 g/mol. The molecule has 2 nitrogen and oxygen atoms in total. The number of rotatable bonds is 5. The van der Waals surface area contributed by atoms with Crippen molar-refractivity contribution in [2.45, 2.75) is 39.0 Å². The summed E-state index contributed by atoms with van der Waals surface area (Å²) >= 11 is 0. The van der Waals surface area contributed by atoms with E-state index in [-0.39, 0.29) is 0 Å². The first kappa shape index (κ1) is 13.1. The van der Waals surface area contributed by atoms with Gasteiger partial charge in [-0.2, -0.15) is 0 Å². The molecular weight excluding hydrogens is 208 g/mol. The van der Waals surface area contributed by atoms with Gasteiger partial charge in [0, 0.05) is 6.54 Å². The van der Waals surface area contributed by atoms with Gasteiger partial charge < -0.3 is 10.2 Å². The van der Waals surface area contributed by atoms with Crippen LogP contribution < -0.4 is 5.32 Å². The maximum Gasteiger partial charge on any atom is 0.00223 e. The molecule has 0 aromatic carbocycles. The molecule has 2 fully saturated rings. The minimum absolute atomic E-state index is 0.914. The number of nitrogens with one attached hydrogen (secondary N) is 1. The van der Waals surface area contributed by atoms with Gasteiger partial charge in [0.2, 0.25) is 0 Å². The zero-order valence-electron chi connectivity index (χ0n) is 11.4. The maximum absolute atomic E-state index is 4.15. The molecule has 2 aliphatic heterocycles. The smallest absolute Gasteiger partial charge is 0.00223 e. The van der Waals surface area contributed by atoms with Crippen LogP contribution in [-0.2, 0) is 0 Å². The number of piperidine rings is 1. The molecule has 1 unspecified atom stereocenters. The van der Waals surface area contributed by atoms with Crippen LogP contribution in [0.25, 0.3) is 0 Å². The van der Waals surface area contributed by atoms with Gasteiger partial charge in [0.05, 0.1) is 0 Å². The molecule has 2 aliphatic rings. The zero-order valence-corrected chi connectivity index (χ0v) is 11.4. The molecule has 0 radical (unpaired) electrons. The lowest BCUT2D eigenvalue weighted by Gasteiger charge is -2.33. The van der Waals surface area contributed by atoms with Crippen LogP contribution in [0.15, 0.2) is 12.2 Å². The van der Waals surface area contributed by atoms with Gasteiger partial charge in [-0.1, -0.05) is 19.1 Å². The van der Waals surface area contributed by atoms with E-state index in [4.69, 9.17) is 0 Å². The van der Waals surface area contributed by atoms with Crippen LogP contribution in [-0.4, -0.2) is 37.6 Å². The molecule has 1 N–H and O–H groups in total. The van der Waals surface area contributed by atoms with Gasteiger partial charge in [-0.05, 0) is 70.1 Å². The first-order valence-electron chi connectivity index (χ1n) is 7.37. The highest BCUT2D eigenvalue weighted by Gasteiger charge is 2.23. The Morgan fingerprint density at radius 3 is 2.59 bits per heavy atom. The molecule has 1 atom stereocenters. The molecular formula is C15H28N2. The molecule has 2 saturated heterocycles. The van der Waals surface area contributed by atoms with E-state index in [1.54, 1.807) is 0 Å². The lowest BCUT2D eigenvalue weighted by atomic mass is 9.89. The average Bonchev–Trinajstić information content (AvgIpc) is 2.84. The third-order valence-electron chi connectivity index (χ3n) is 4.46. The zero-order chi connectivity index (χ0) is 12.1. The minimum atomic E-state index is 0.914. The highest BCUT2D eigenvalue weighted by Crippen LogP contribution is 2.25. The number of hydrogen-bond donors (Lipinski definition) is 1. The van der Waals surface area contributed by atoms with Crippen LogP contribution in [0.4, 0.5) is 0 Å². The van der Waals surface area contributed by atoms with Crippen LogP contribution in [0, 0.1) is 11.8 Å². The molecule has 2 heteroatoms. The summed E-state index contributed by atoms with van der Waals surface area (Å²) in [6.45, 7) is 12.8. The van der Waals surface area contributed by atoms with Crippen LogP contribution >= 0.6 is 0 Å². The highest BCUT2D eigenvalue weighted by molar-refractivity contribution is 4.95. The van der Waals surface area contributed by atoms with Crippen molar-refractivity contribution in [3.63, 3.8) is 0 Å². The quantitative estimate of drug-likeness (QED) is 0.738. The van der Waals surface area contributed by atoms with E-state index < -0.39 is 0 Å². The van der Waals surface area contributed by atoms with Crippen molar-refractivity contribution >= 4 is 0 Å². The Kier molecular flexibility index (Phi) is 5.05. The summed E-state index contributed by atoms with van der Waals surface area (Å²) in [5.41, 5.74) is 1.45. The SMILES string of the molecule is C=C(CC)CC1CCN(CC2CCNC2)CC1. The first-order chi connectivity index (χ1) is 8.28. The fraction of sp³-hybridized carbons (Fsp3) is 0.867. The van der Waals surface area contributed by atoms with Crippen LogP contribution in [0.1, 0.15) is 39.0 Å². The first-order valence-corrected chi connectivity index (χ1v) is 7.37. The van der Waals surface area contributed by atoms with Crippen molar-refractivity contribution in [2.24, 2.45) is 11.8 Å². The Morgan fingerprint density at radius 1 is 1.24 bits per heavy atom. The lowest BCUT2D eigenvalue weighted by Crippen LogP contribution is -2.37. The maximum atomic E-state index is 4.15. The normalized spacial score (nSPS) is 27.5. The minimum Gasteiger partial charge on any atom is -0.316 e. The van der Waals surface area contributed by atoms with Gasteiger partial charge >= 0.3 is 0 Å². The molecule has 0 aromatic heterocycles. The van der Waals surface area contributed by atoms with Crippen LogP contribution in [0.5, 0.6) is 0 Å². The molecule has 2 rings (SSSR count). The summed E-state index contributed by atoms with van der Waals surface area (Å²) in [7, 11) is 0. The third kappa shape index (κ3) is 4.11. The van der Waals surface area contributed by atoms with Crippen molar-refractivity contribution in [3.05, 3.63) is 12.2 Å². The second kappa shape index (κ2) is 6.55. The van der Waals surface area contributed by atoms with Crippen molar-refractivity contribution in [3.8, 4) is 0 Å². The predicted octanol–water partition coefficient (Wildman–Crippen LogP) is 2.66. The molecule has 98 valence electrons. The van der Waals surface area contributed by atoms with Gasteiger partial charge in [-0.15, -0.1) is 0 Å². The predicted molar refractivity (Wildman–Crippen MR) is 74.2 cm³/mol. The van der Waals surface area contributed by atoms with Crippen molar-refractivity contribution in [1.29, 1.82) is 0 Å². The Balaban J connectivity index is 1.65. The molecule has 0 aromatic rings. The summed E-state index contributed by atoms with van der Waals surface area (Å²) in [5, 5.41) is 3.47. The van der Waals surface area contributed by atoms with E-state index in [2.05, 4.69) is 23.7 Å². The van der Waals surface area contributed by atoms with E-state index in [0.717, 1.165) is 18.3 Å². The molecule has 0 aliphatic carbocycles. The van der Waals surface area contributed by atoms with Gasteiger partial charge in [0.15, 0.2) is 0 Å². The Bertz CT molecular complexity index is 235. The second-order valence-corrected chi connectivity index (χ2v) is 5.91. The van der Waals surface area contributed by atoms with Crippen molar-refractivity contribution in [1.82, 2.24) is 10.2 Å². The Hall–Kier alpha value is -0.340. The molecule has 0 spiro atoms. The molecule has 0 saturated carbocycles. The van der Waals surface area contributed by atoms with Crippen LogP contribution in [0.3, 0.4) is 0 Å². The lowest BCUT2D eigenvalue weighted by molar-refractivity contribution is 0.163. The largest absolute Gasteiger partial charge is 0.316 e. The highest BCUT2D eigenvalue weighted by atomic mass is 15.1. The number of likely N-dealkylation sites (tertiary alicyclic amines) is 1. The van der Waals surface area contributed by atoms with E-state index in [9.17, 15) is 0 Å². The van der Waals surface area contributed by atoms with Gasteiger partial charge in [-0.25, -0.2) is 0 Å².